The smallest absolute Gasteiger partial charge is 0.246 e. The third-order valence-electron chi connectivity index (χ3n) is 3.20. The van der Waals surface area contributed by atoms with Gasteiger partial charge in [0, 0.05) is 27.5 Å². The molecule has 0 saturated carbocycles. The van der Waals surface area contributed by atoms with Crippen molar-refractivity contribution >= 4 is 28.2 Å². The number of thiophene rings is 1. The van der Waals surface area contributed by atoms with E-state index >= 15 is 0 Å². The molecule has 0 aliphatic heterocycles. The zero-order chi connectivity index (χ0) is 16.4. The Balaban J connectivity index is 2.14. The van der Waals surface area contributed by atoms with Crippen LogP contribution < -0.4 is 9.78 Å². The first-order valence-corrected chi connectivity index (χ1v) is 8.29. The summed E-state index contributed by atoms with van der Waals surface area (Å²) in [6.45, 7) is 5.47. The second kappa shape index (κ2) is 6.01. The summed E-state index contributed by atoms with van der Waals surface area (Å²) >= 11 is 1.61. The average molecular weight is 326 g/mol. The van der Waals surface area contributed by atoms with Crippen molar-refractivity contribution in [2.75, 3.05) is 0 Å². The Labute approximate surface area is 139 Å². The first-order chi connectivity index (χ1) is 10.9. The van der Waals surface area contributed by atoms with Gasteiger partial charge in [0.15, 0.2) is 0 Å². The lowest BCUT2D eigenvalue weighted by atomic mass is 10.1. The first-order valence-electron chi connectivity index (χ1n) is 7.34. The fourth-order valence-electron chi connectivity index (χ4n) is 2.25. The molecule has 0 radical (unpaired) electrons. The van der Waals surface area contributed by atoms with Crippen LogP contribution >= 0.6 is 11.3 Å². The van der Waals surface area contributed by atoms with Gasteiger partial charge < -0.3 is 9.84 Å². The number of benzene rings is 1. The van der Waals surface area contributed by atoms with E-state index in [2.05, 4.69) is 5.10 Å². The fourth-order valence-corrected chi connectivity index (χ4v) is 2.90. The number of aromatic nitrogens is 1. The van der Waals surface area contributed by atoms with E-state index in [0.717, 1.165) is 22.0 Å². The maximum absolute atomic E-state index is 12.1. The standard InChI is InChI=1S/C18H18N2O2S/c1-18(2,3)22-17(21)19-20-11-14-7-5-4-6-13(14)10-16(20)15-8-9-23-12-15/h4-12H,1-3H3. The van der Waals surface area contributed by atoms with E-state index in [-0.39, 0.29) is 0 Å². The molecule has 1 aromatic carbocycles. The van der Waals surface area contributed by atoms with Crippen LogP contribution in [0.25, 0.3) is 22.0 Å². The van der Waals surface area contributed by atoms with Crippen LogP contribution in [0.4, 0.5) is 0 Å². The predicted molar refractivity (Wildman–Crippen MR) is 91.1 cm³/mol. The van der Waals surface area contributed by atoms with Crippen molar-refractivity contribution < 1.29 is 14.5 Å². The lowest BCUT2D eigenvalue weighted by molar-refractivity contribution is -0.670. The number of hydrogen-bond acceptors (Lipinski definition) is 4. The highest BCUT2D eigenvalue weighted by Crippen LogP contribution is 2.22. The summed E-state index contributed by atoms with van der Waals surface area (Å²) in [5.74, 6) is 0. The Kier molecular flexibility index (Phi) is 4.05. The summed E-state index contributed by atoms with van der Waals surface area (Å²) in [5, 5.41) is 22.3. The number of ether oxygens (including phenoxy) is 1. The predicted octanol–water partition coefficient (Wildman–Crippen LogP) is 3.15. The molecule has 0 N–H and O–H groups in total. The van der Waals surface area contributed by atoms with E-state index in [1.807, 2.05) is 74.1 Å². The molecule has 4 nitrogen and oxygen atoms in total. The molecule has 0 unspecified atom stereocenters. The Morgan fingerprint density at radius 1 is 1.17 bits per heavy atom. The van der Waals surface area contributed by atoms with Crippen molar-refractivity contribution in [3.05, 3.63) is 53.4 Å². The van der Waals surface area contributed by atoms with E-state index in [9.17, 15) is 5.11 Å². The molecule has 3 aromatic rings. The molecule has 0 aliphatic carbocycles. The topological polar surface area (TPSA) is 48.5 Å². The zero-order valence-corrected chi connectivity index (χ0v) is 14.1. The van der Waals surface area contributed by atoms with Crippen molar-refractivity contribution in [1.29, 1.82) is 0 Å². The molecule has 23 heavy (non-hydrogen) atoms. The molecule has 2 heterocycles. The van der Waals surface area contributed by atoms with Gasteiger partial charge in [-0.3, -0.25) is 0 Å². The van der Waals surface area contributed by atoms with Gasteiger partial charge in [0.25, 0.3) is 0 Å². The second-order valence-electron chi connectivity index (χ2n) is 6.22. The average Bonchev–Trinajstić information content (AvgIpc) is 2.98. The normalized spacial score (nSPS) is 12.6. The van der Waals surface area contributed by atoms with Gasteiger partial charge in [-0.05, 0) is 27.6 Å². The summed E-state index contributed by atoms with van der Waals surface area (Å²) in [6, 6.07) is 12.0. The van der Waals surface area contributed by atoms with Crippen molar-refractivity contribution in [3.63, 3.8) is 0 Å². The van der Waals surface area contributed by atoms with Crippen molar-refractivity contribution in [2.45, 2.75) is 26.4 Å². The Morgan fingerprint density at radius 3 is 2.57 bits per heavy atom. The van der Waals surface area contributed by atoms with Crippen molar-refractivity contribution in [1.82, 2.24) is 0 Å². The van der Waals surface area contributed by atoms with Crippen LogP contribution in [0.1, 0.15) is 20.8 Å². The summed E-state index contributed by atoms with van der Waals surface area (Å²) in [4.78, 5) is 0. The first kappa shape index (κ1) is 15.5. The SMILES string of the molecule is CC(C)(C)O/C([O-])=N/[n+]1cc2ccccc2cc1-c1ccsc1. The van der Waals surface area contributed by atoms with Crippen LogP contribution in [-0.2, 0) is 4.74 Å². The van der Waals surface area contributed by atoms with Gasteiger partial charge >= 0.3 is 0 Å². The molecule has 0 spiro atoms. The highest BCUT2D eigenvalue weighted by Gasteiger charge is 2.16. The number of fused-ring (bicyclic) bond motifs is 1. The van der Waals surface area contributed by atoms with Crippen LogP contribution in [0.5, 0.6) is 0 Å². The quantitative estimate of drug-likeness (QED) is 0.413. The molecule has 0 saturated heterocycles. The number of rotatable bonds is 2. The highest BCUT2D eigenvalue weighted by atomic mass is 32.1. The molecule has 5 heteroatoms. The minimum absolute atomic E-state index is 0.569. The summed E-state index contributed by atoms with van der Waals surface area (Å²) < 4.78 is 6.90. The fraction of sp³-hybridized carbons (Fsp3) is 0.222. The maximum atomic E-state index is 12.1. The number of hydrogen-bond donors (Lipinski definition) is 0. The van der Waals surface area contributed by atoms with Crippen molar-refractivity contribution in [2.24, 2.45) is 5.10 Å². The minimum atomic E-state index is -0.603. The van der Waals surface area contributed by atoms with Crippen LogP contribution in [0.2, 0.25) is 0 Å². The van der Waals surface area contributed by atoms with Crippen LogP contribution in [-0.4, -0.2) is 11.7 Å². The van der Waals surface area contributed by atoms with Crippen molar-refractivity contribution in [3.8, 4) is 11.3 Å². The zero-order valence-electron chi connectivity index (χ0n) is 13.3. The maximum Gasteiger partial charge on any atom is 0.246 e. The molecule has 0 atom stereocenters. The molecule has 0 aliphatic rings. The van der Waals surface area contributed by atoms with Crippen LogP contribution in [0.15, 0.2) is 58.5 Å². The highest BCUT2D eigenvalue weighted by molar-refractivity contribution is 7.08. The monoisotopic (exact) mass is 326 g/mol. The van der Waals surface area contributed by atoms with Crippen LogP contribution in [0, 0.1) is 0 Å². The van der Waals surface area contributed by atoms with E-state index in [0.29, 0.717) is 0 Å². The Bertz CT molecular complexity index is 849. The van der Waals surface area contributed by atoms with E-state index in [1.165, 1.54) is 0 Å². The van der Waals surface area contributed by atoms with Crippen LogP contribution in [0.3, 0.4) is 0 Å². The molecule has 0 fully saturated rings. The molecular formula is C18H18N2O2S. The third-order valence-corrected chi connectivity index (χ3v) is 3.88. The van der Waals surface area contributed by atoms with Gasteiger partial charge in [0.05, 0.1) is 5.56 Å². The molecule has 118 valence electrons. The Morgan fingerprint density at radius 2 is 1.91 bits per heavy atom. The van der Waals surface area contributed by atoms with Gasteiger partial charge in [-0.2, -0.15) is 11.3 Å². The lowest BCUT2D eigenvalue weighted by Crippen LogP contribution is -2.39. The summed E-state index contributed by atoms with van der Waals surface area (Å²) in [5.41, 5.74) is 1.31. The van der Waals surface area contributed by atoms with Gasteiger partial charge in [-0.15, -0.1) is 0 Å². The van der Waals surface area contributed by atoms with Gasteiger partial charge in [-0.25, -0.2) is 0 Å². The third kappa shape index (κ3) is 3.68. The number of pyridine rings is 1. The molecule has 2 aromatic heterocycles. The Hall–Kier alpha value is -2.40. The van der Waals surface area contributed by atoms with E-state index in [1.54, 1.807) is 16.0 Å². The van der Waals surface area contributed by atoms with E-state index < -0.39 is 11.7 Å². The van der Waals surface area contributed by atoms with Gasteiger partial charge in [0.1, 0.15) is 0 Å². The van der Waals surface area contributed by atoms with E-state index in [4.69, 9.17) is 4.74 Å². The van der Waals surface area contributed by atoms with Gasteiger partial charge in [-0.1, -0.05) is 39.0 Å². The summed E-state index contributed by atoms with van der Waals surface area (Å²) in [7, 11) is 0. The molecular weight excluding hydrogens is 308 g/mol. The lowest BCUT2D eigenvalue weighted by Gasteiger charge is -2.27. The van der Waals surface area contributed by atoms with Gasteiger partial charge in [0.2, 0.25) is 18.0 Å². The molecule has 0 amide bonds. The molecule has 0 bridgehead atoms. The largest absolute Gasteiger partial charge is 0.590 e. The number of nitrogens with zero attached hydrogens (tertiary/aromatic N) is 2. The minimum Gasteiger partial charge on any atom is -0.590 e. The summed E-state index contributed by atoms with van der Waals surface area (Å²) in [6.07, 6.45) is 1.25. The second-order valence-corrected chi connectivity index (χ2v) is 7.00. The molecule has 3 rings (SSSR count).